The molecular formula is C21H21FN2O2. The van der Waals surface area contributed by atoms with Crippen LogP contribution in [0.4, 0.5) is 10.1 Å². The van der Waals surface area contributed by atoms with Crippen LogP contribution in [0.1, 0.15) is 31.9 Å². The Morgan fingerprint density at radius 1 is 1.08 bits per heavy atom. The smallest absolute Gasteiger partial charge is 0.248 e. The largest absolute Gasteiger partial charge is 0.326 e. The van der Waals surface area contributed by atoms with E-state index in [0.29, 0.717) is 11.2 Å². The van der Waals surface area contributed by atoms with E-state index in [2.05, 4.69) is 31.1 Å². The molecule has 0 atom stereocenters. The first-order valence-electron chi connectivity index (χ1n) is 8.44. The van der Waals surface area contributed by atoms with E-state index in [9.17, 15) is 14.0 Å². The van der Waals surface area contributed by atoms with Gasteiger partial charge in [0.05, 0.1) is 11.9 Å². The molecule has 2 aromatic carbocycles. The van der Waals surface area contributed by atoms with E-state index in [1.807, 2.05) is 12.1 Å². The number of amides is 1. The summed E-state index contributed by atoms with van der Waals surface area (Å²) < 4.78 is 12.9. The second-order valence-electron chi connectivity index (χ2n) is 7.41. The van der Waals surface area contributed by atoms with Gasteiger partial charge in [0.1, 0.15) is 5.82 Å². The van der Waals surface area contributed by atoms with Crippen LogP contribution in [0.2, 0.25) is 0 Å². The quantitative estimate of drug-likeness (QED) is 0.744. The van der Waals surface area contributed by atoms with E-state index in [-0.39, 0.29) is 29.1 Å². The number of aromatic nitrogens is 1. The van der Waals surface area contributed by atoms with Gasteiger partial charge in [0, 0.05) is 17.1 Å². The van der Waals surface area contributed by atoms with Crippen molar-refractivity contribution < 1.29 is 9.18 Å². The number of aromatic amines is 1. The Kier molecular flexibility index (Phi) is 4.64. The molecule has 0 bridgehead atoms. The summed E-state index contributed by atoms with van der Waals surface area (Å²) in [5, 5.41) is 3.77. The van der Waals surface area contributed by atoms with E-state index < -0.39 is 0 Å². The highest BCUT2D eigenvalue weighted by Crippen LogP contribution is 2.29. The molecule has 0 spiro atoms. The third-order valence-corrected chi connectivity index (χ3v) is 4.21. The highest BCUT2D eigenvalue weighted by molar-refractivity contribution is 5.95. The fraction of sp³-hybridized carbons (Fsp3) is 0.238. The molecule has 0 aliphatic carbocycles. The molecule has 0 saturated heterocycles. The average molecular weight is 352 g/mol. The SMILES string of the molecule is CC(C)(C)c1cc(=O)[nH]c2cc(NC(=O)Cc3ccc(F)cc3)ccc12. The monoisotopic (exact) mass is 352 g/mol. The standard InChI is InChI=1S/C21H21FN2O2/c1-21(2,3)17-12-20(26)24-18-11-15(8-9-16(17)18)23-19(25)10-13-4-6-14(22)7-5-13/h4-9,11-12H,10H2,1-3H3,(H,23,25)(H,24,26). The maximum Gasteiger partial charge on any atom is 0.248 e. The molecule has 3 aromatic rings. The van der Waals surface area contributed by atoms with E-state index in [4.69, 9.17) is 0 Å². The number of hydrogen-bond acceptors (Lipinski definition) is 2. The molecule has 0 fully saturated rings. The molecule has 4 nitrogen and oxygen atoms in total. The average Bonchev–Trinajstić information content (AvgIpc) is 2.55. The summed E-state index contributed by atoms with van der Waals surface area (Å²) >= 11 is 0. The molecule has 0 radical (unpaired) electrons. The third kappa shape index (κ3) is 3.99. The predicted molar refractivity (Wildman–Crippen MR) is 102 cm³/mol. The summed E-state index contributed by atoms with van der Waals surface area (Å²) in [4.78, 5) is 27.0. The van der Waals surface area contributed by atoms with Gasteiger partial charge in [0.15, 0.2) is 0 Å². The maximum atomic E-state index is 12.9. The first kappa shape index (κ1) is 17.9. The Labute approximate surface area is 151 Å². The molecule has 3 rings (SSSR count). The van der Waals surface area contributed by atoms with Gasteiger partial charge in [0.25, 0.3) is 0 Å². The minimum atomic E-state index is -0.331. The van der Waals surface area contributed by atoms with Crippen molar-refractivity contribution in [1.82, 2.24) is 4.98 Å². The number of halogens is 1. The van der Waals surface area contributed by atoms with Crippen LogP contribution in [0.5, 0.6) is 0 Å². The molecule has 134 valence electrons. The van der Waals surface area contributed by atoms with Gasteiger partial charge in [-0.05, 0) is 40.8 Å². The number of anilines is 1. The molecule has 2 N–H and O–H groups in total. The fourth-order valence-corrected chi connectivity index (χ4v) is 2.95. The lowest BCUT2D eigenvalue weighted by Crippen LogP contribution is -2.18. The first-order chi connectivity index (χ1) is 12.2. The summed E-state index contributed by atoms with van der Waals surface area (Å²) in [6.45, 7) is 6.17. The Hall–Kier alpha value is -2.95. The van der Waals surface area contributed by atoms with Gasteiger partial charge in [-0.2, -0.15) is 0 Å². The van der Waals surface area contributed by atoms with Crippen LogP contribution >= 0.6 is 0 Å². The molecule has 0 unspecified atom stereocenters. The summed E-state index contributed by atoms with van der Waals surface area (Å²) in [5.74, 6) is -0.535. The number of benzene rings is 2. The molecule has 26 heavy (non-hydrogen) atoms. The van der Waals surface area contributed by atoms with Crippen LogP contribution in [-0.4, -0.2) is 10.9 Å². The van der Waals surface area contributed by atoms with E-state index in [0.717, 1.165) is 16.5 Å². The lowest BCUT2D eigenvalue weighted by atomic mass is 9.85. The minimum Gasteiger partial charge on any atom is -0.326 e. The molecule has 1 heterocycles. The second-order valence-corrected chi connectivity index (χ2v) is 7.41. The first-order valence-corrected chi connectivity index (χ1v) is 8.44. The van der Waals surface area contributed by atoms with Crippen LogP contribution in [0.25, 0.3) is 10.9 Å². The second kappa shape index (κ2) is 6.75. The van der Waals surface area contributed by atoms with Crippen molar-refractivity contribution in [3.8, 4) is 0 Å². The zero-order chi connectivity index (χ0) is 18.9. The zero-order valence-corrected chi connectivity index (χ0v) is 15.0. The van der Waals surface area contributed by atoms with Crippen LogP contribution in [0.3, 0.4) is 0 Å². The minimum absolute atomic E-state index is 0.150. The van der Waals surface area contributed by atoms with Gasteiger partial charge in [-0.15, -0.1) is 0 Å². The number of pyridine rings is 1. The van der Waals surface area contributed by atoms with Crippen LogP contribution in [0.15, 0.2) is 53.3 Å². The number of nitrogens with one attached hydrogen (secondary N) is 2. The van der Waals surface area contributed by atoms with Gasteiger partial charge in [0.2, 0.25) is 11.5 Å². The molecule has 0 aliphatic rings. The molecule has 5 heteroatoms. The summed E-state index contributed by atoms with van der Waals surface area (Å²) in [6.07, 6.45) is 0.150. The van der Waals surface area contributed by atoms with Crippen molar-refractivity contribution in [3.05, 3.63) is 75.8 Å². The van der Waals surface area contributed by atoms with Gasteiger partial charge >= 0.3 is 0 Å². The van der Waals surface area contributed by atoms with Crippen molar-refractivity contribution in [3.63, 3.8) is 0 Å². The highest BCUT2D eigenvalue weighted by atomic mass is 19.1. The van der Waals surface area contributed by atoms with E-state index in [1.165, 1.54) is 12.1 Å². The Balaban J connectivity index is 1.86. The highest BCUT2D eigenvalue weighted by Gasteiger charge is 2.18. The van der Waals surface area contributed by atoms with Crippen molar-refractivity contribution in [2.45, 2.75) is 32.6 Å². The fourth-order valence-electron chi connectivity index (χ4n) is 2.95. The predicted octanol–water partition coefficient (Wildman–Crippen LogP) is 4.15. The van der Waals surface area contributed by atoms with Gasteiger partial charge in [-0.3, -0.25) is 9.59 Å². The molecule has 0 aliphatic heterocycles. The van der Waals surface area contributed by atoms with Crippen molar-refractivity contribution >= 4 is 22.5 Å². The maximum absolute atomic E-state index is 12.9. The molecule has 1 aromatic heterocycles. The summed E-state index contributed by atoms with van der Waals surface area (Å²) in [7, 11) is 0. The number of rotatable bonds is 3. The van der Waals surface area contributed by atoms with Crippen molar-refractivity contribution in [1.29, 1.82) is 0 Å². The summed E-state index contributed by atoms with van der Waals surface area (Å²) in [5.41, 5.74) is 2.64. The molecular weight excluding hydrogens is 331 g/mol. The number of hydrogen-bond donors (Lipinski definition) is 2. The Morgan fingerprint density at radius 3 is 2.42 bits per heavy atom. The lowest BCUT2D eigenvalue weighted by Gasteiger charge is -2.21. The molecule has 0 saturated carbocycles. The van der Waals surface area contributed by atoms with Crippen molar-refractivity contribution in [2.24, 2.45) is 0 Å². The number of carbonyl (C=O) groups is 1. The van der Waals surface area contributed by atoms with Crippen LogP contribution < -0.4 is 10.9 Å². The van der Waals surface area contributed by atoms with Gasteiger partial charge < -0.3 is 10.3 Å². The topological polar surface area (TPSA) is 62.0 Å². The van der Waals surface area contributed by atoms with E-state index in [1.54, 1.807) is 24.3 Å². The lowest BCUT2D eigenvalue weighted by molar-refractivity contribution is -0.115. The Morgan fingerprint density at radius 2 is 1.77 bits per heavy atom. The van der Waals surface area contributed by atoms with Crippen molar-refractivity contribution in [2.75, 3.05) is 5.32 Å². The van der Waals surface area contributed by atoms with Crippen LogP contribution in [0, 0.1) is 5.82 Å². The zero-order valence-electron chi connectivity index (χ0n) is 15.0. The van der Waals surface area contributed by atoms with Crippen LogP contribution in [-0.2, 0) is 16.6 Å². The van der Waals surface area contributed by atoms with Gasteiger partial charge in [-0.1, -0.05) is 39.0 Å². The number of carbonyl (C=O) groups excluding carboxylic acids is 1. The number of H-pyrrole nitrogens is 1. The summed E-state index contributed by atoms with van der Waals surface area (Å²) in [6, 6.07) is 12.9. The van der Waals surface area contributed by atoms with Gasteiger partial charge in [-0.25, -0.2) is 4.39 Å². The molecule has 1 amide bonds. The van der Waals surface area contributed by atoms with E-state index >= 15 is 0 Å². The Bertz CT molecular complexity index is 1010. The number of fused-ring (bicyclic) bond motifs is 1. The normalized spacial score (nSPS) is 11.5. The third-order valence-electron chi connectivity index (χ3n) is 4.21.